The molecule has 102 valence electrons. The van der Waals surface area contributed by atoms with Crippen molar-refractivity contribution >= 4 is 17.4 Å². The molecule has 0 radical (unpaired) electrons. The molecule has 0 aliphatic rings. The van der Waals surface area contributed by atoms with Gasteiger partial charge in [-0.15, -0.1) is 0 Å². The number of nitrogen functional groups attached to an aromatic ring is 1. The molecule has 0 aliphatic heterocycles. The van der Waals surface area contributed by atoms with Gasteiger partial charge in [-0.1, -0.05) is 0 Å². The Labute approximate surface area is 113 Å². The highest BCUT2D eigenvalue weighted by atomic mass is 16.1. The zero-order valence-corrected chi connectivity index (χ0v) is 11.4. The number of pyridine rings is 1. The smallest absolute Gasteiger partial charge is 0.222 e. The number of nitrogens with zero attached hydrogens (tertiary/aromatic N) is 2. The highest BCUT2D eigenvalue weighted by molar-refractivity contribution is 5.77. The lowest BCUT2D eigenvalue weighted by atomic mass is 10.1. The van der Waals surface area contributed by atoms with Gasteiger partial charge < -0.3 is 16.4 Å². The van der Waals surface area contributed by atoms with Gasteiger partial charge in [0.25, 0.3) is 0 Å². The van der Waals surface area contributed by atoms with Crippen molar-refractivity contribution in [2.75, 3.05) is 17.6 Å². The number of hydrogen-bond donors (Lipinski definition) is 3. The predicted molar refractivity (Wildman–Crippen MR) is 74.4 cm³/mol. The number of aromatic nitrogens is 1. The van der Waals surface area contributed by atoms with E-state index in [0.29, 0.717) is 30.0 Å². The van der Waals surface area contributed by atoms with Gasteiger partial charge in [0, 0.05) is 18.5 Å². The number of rotatable bonds is 4. The van der Waals surface area contributed by atoms with Crippen LogP contribution < -0.4 is 16.4 Å². The van der Waals surface area contributed by atoms with Gasteiger partial charge in [-0.25, -0.2) is 4.98 Å². The summed E-state index contributed by atoms with van der Waals surface area (Å²) in [6, 6.07) is 3.55. The normalized spacial score (nSPS) is 10.6. The highest BCUT2D eigenvalue weighted by Crippen LogP contribution is 2.13. The average Bonchev–Trinajstić information content (AvgIpc) is 2.28. The second-order valence-corrected chi connectivity index (χ2v) is 5.25. The van der Waals surface area contributed by atoms with E-state index in [1.54, 1.807) is 6.07 Å². The molecule has 1 aromatic rings. The van der Waals surface area contributed by atoms with Crippen molar-refractivity contribution in [3.8, 4) is 6.07 Å². The number of nitrogens with one attached hydrogen (secondary N) is 2. The molecule has 6 nitrogen and oxygen atoms in total. The maximum Gasteiger partial charge on any atom is 0.222 e. The Kier molecular flexibility index (Phi) is 4.70. The third-order valence-electron chi connectivity index (χ3n) is 2.19. The zero-order chi connectivity index (χ0) is 14.5. The molecular formula is C13H19N5O. The minimum absolute atomic E-state index is 0.0473. The van der Waals surface area contributed by atoms with E-state index >= 15 is 0 Å². The van der Waals surface area contributed by atoms with E-state index in [1.165, 1.54) is 6.20 Å². The first-order chi connectivity index (χ1) is 8.81. The summed E-state index contributed by atoms with van der Waals surface area (Å²) in [6.07, 6.45) is 1.78. The number of anilines is 2. The molecule has 1 amide bonds. The van der Waals surface area contributed by atoms with E-state index in [1.807, 2.05) is 26.8 Å². The number of carbonyl (C=O) groups is 1. The molecule has 0 saturated heterocycles. The summed E-state index contributed by atoms with van der Waals surface area (Å²) in [6.45, 7) is 6.18. The molecule has 0 atom stereocenters. The Bertz CT molecular complexity index is 499. The van der Waals surface area contributed by atoms with E-state index in [9.17, 15) is 4.79 Å². The number of carbonyl (C=O) groups excluding carboxylic acids is 1. The highest BCUT2D eigenvalue weighted by Gasteiger charge is 2.13. The molecule has 6 heteroatoms. The molecule has 0 aromatic carbocycles. The zero-order valence-electron chi connectivity index (χ0n) is 11.4. The van der Waals surface area contributed by atoms with Gasteiger partial charge in [0.05, 0.1) is 17.4 Å². The first kappa shape index (κ1) is 14.8. The lowest BCUT2D eigenvalue weighted by Gasteiger charge is -2.20. The van der Waals surface area contributed by atoms with Crippen molar-refractivity contribution in [2.45, 2.75) is 32.7 Å². The number of hydrogen-bond acceptors (Lipinski definition) is 5. The largest absolute Gasteiger partial charge is 0.397 e. The van der Waals surface area contributed by atoms with E-state index in [2.05, 4.69) is 15.6 Å². The molecule has 0 saturated carbocycles. The Balaban J connectivity index is 2.50. The Morgan fingerprint density at radius 2 is 2.21 bits per heavy atom. The van der Waals surface area contributed by atoms with Crippen LogP contribution in [0.5, 0.6) is 0 Å². The average molecular weight is 261 g/mol. The Hall–Kier alpha value is -2.29. The van der Waals surface area contributed by atoms with Crippen molar-refractivity contribution in [1.82, 2.24) is 10.3 Å². The third-order valence-corrected chi connectivity index (χ3v) is 2.19. The van der Waals surface area contributed by atoms with Crippen LogP contribution in [0.25, 0.3) is 0 Å². The van der Waals surface area contributed by atoms with Crippen LogP contribution in [0.15, 0.2) is 12.3 Å². The second-order valence-electron chi connectivity index (χ2n) is 5.25. The maximum absolute atomic E-state index is 11.6. The fourth-order valence-corrected chi connectivity index (χ4v) is 1.48. The standard InChI is InChI=1S/C13H19N5O/c1-13(2,3)18-11(19)4-5-16-12-9(7-14)6-10(15)8-17-12/h6,8H,4-5,15H2,1-3H3,(H,16,17)(H,18,19). The predicted octanol–water partition coefficient (Wildman–Crippen LogP) is 1.25. The summed E-state index contributed by atoms with van der Waals surface area (Å²) >= 11 is 0. The Morgan fingerprint density at radius 3 is 2.79 bits per heavy atom. The molecule has 19 heavy (non-hydrogen) atoms. The third kappa shape index (κ3) is 5.25. The number of nitriles is 1. The maximum atomic E-state index is 11.6. The van der Waals surface area contributed by atoms with Crippen LogP contribution in [-0.2, 0) is 4.79 Å². The van der Waals surface area contributed by atoms with Gasteiger partial charge in [-0.3, -0.25) is 4.79 Å². The molecule has 0 bridgehead atoms. The quantitative estimate of drug-likeness (QED) is 0.756. The lowest BCUT2D eigenvalue weighted by Crippen LogP contribution is -2.41. The minimum Gasteiger partial charge on any atom is -0.397 e. The van der Waals surface area contributed by atoms with E-state index < -0.39 is 0 Å². The molecule has 0 fully saturated rings. The lowest BCUT2D eigenvalue weighted by molar-refractivity contribution is -0.122. The Morgan fingerprint density at radius 1 is 1.53 bits per heavy atom. The van der Waals surface area contributed by atoms with E-state index in [0.717, 1.165) is 0 Å². The molecule has 1 rings (SSSR count). The van der Waals surface area contributed by atoms with Crippen LogP contribution in [0.2, 0.25) is 0 Å². The molecule has 4 N–H and O–H groups in total. The second kappa shape index (κ2) is 6.05. The monoisotopic (exact) mass is 261 g/mol. The van der Waals surface area contributed by atoms with Gasteiger partial charge in [-0.2, -0.15) is 5.26 Å². The SMILES string of the molecule is CC(C)(C)NC(=O)CCNc1ncc(N)cc1C#N. The molecule has 0 spiro atoms. The molecule has 1 heterocycles. The van der Waals surface area contributed by atoms with E-state index in [-0.39, 0.29) is 11.4 Å². The van der Waals surface area contributed by atoms with Gasteiger partial charge in [0.15, 0.2) is 0 Å². The summed E-state index contributed by atoms with van der Waals surface area (Å²) in [5.41, 5.74) is 6.11. The van der Waals surface area contributed by atoms with Crippen LogP contribution in [0.3, 0.4) is 0 Å². The molecule has 0 unspecified atom stereocenters. The summed E-state index contributed by atoms with van der Waals surface area (Å²) in [4.78, 5) is 15.6. The van der Waals surface area contributed by atoms with Crippen molar-refractivity contribution in [3.05, 3.63) is 17.8 Å². The van der Waals surface area contributed by atoms with E-state index in [4.69, 9.17) is 11.0 Å². The summed E-state index contributed by atoms with van der Waals surface area (Å²) in [5.74, 6) is 0.397. The fraction of sp³-hybridized carbons (Fsp3) is 0.462. The minimum atomic E-state index is -0.242. The van der Waals surface area contributed by atoms with Crippen LogP contribution in [0.1, 0.15) is 32.8 Å². The van der Waals surface area contributed by atoms with Crippen molar-refractivity contribution in [1.29, 1.82) is 5.26 Å². The van der Waals surface area contributed by atoms with Gasteiger partial charge >= 0.3 is 0 Å². The van der Waals surface area contributed by atoms with Crippen LogP contribution >= 0.6 is 0 Å². The van der Waals surface area contributed by atoms with Crippen LogP contribution in [0, 0.1) is 11.3 Å². The van der Waals surface area contributed by atoms with Gasteiger partial charge in [0.1, 0.15) is 11.9 Å². The first-order valence-electron chi connectivity index (χ1n) is 6.02. The van der Waals surface area contributed by atoms with Crippen molar-refractivity contribution < 1.29 is 4.79 Å². The topological polar surface area (TPSA) is 104 Å². The van der Waals surface area contributed by atoms with Crippen LogP contribution in [-0.4, -0.2) is 23.0 Å². The number of amides is 1. The molecule has 1 aromatic heterocycles. The summed E-state index contributed by atoms with van der Waals surface area (Å²) < 4.78 is 0. The molecule has 0 aliphatic carbocycles. The summed E-state index contributed by atoms with van der Waals surface area (Å²) in [7, 11) is 0. The van der Waals surface area contributed by atoms with Crippen molar-refractivity contribution in [2.24, 2.45) is 0 Å². The van der Waals surface area contributed by atoms with Crippen molar-refractivity contribution in [3.63, 3.8) is 0 Å². The number of nitrogens with two attached hydrogens (primary N) is 1. The van der Waals surface area contributed by atoms with Gasteiger partial charge in [-0.05, 0) is 26.8 Å². The fourth-order valence-electron chi connectivity index (χ4n) is 1.48. The van der Waals surface area contributed by atoms with Crippen LogP contribution in [0.4, 0.5) is 11.5 Å². The summed E-state index contributed by atoms with van der Waals surface area (Å²) in [5, 5.41) is 14.8. The molecular weight excluding hydrogens is 242 g/mol. The first-order valence-corrected chi connectivity index (χ1v) is 6.02. The van der Waals surface area contributed by atoms with Gasteiger partial charge in [0.2, 0.25) is 5.91 Å².